The third-order valence-electron chi connectivity index (χ3n) is 5.86. The number of fused-ring (bicyclic) bond motifs is 1. The van der Waals surface area contributed by atoms with Gasteiger partial charge in [0, 0.05) is 6.04 Å². The molecule has 0 aromatic heterocycles. The first-order chi connectivity index (χ1) is 7.69. The summed E-state index contributed by atoms with van der Waals surface area (Å²) in [6, 6.07) is 0.832. The maximum atomic E-state index is 3.91. The molecule has 3 saturated carbocycles. The molecule has 0 heterocycles. The van der Waals surface area contributed by atoms with Gasteiger partial charge in [-0.2, -0.15) is 0 Å². The van der Waals surface area contributed by atoms with E-state index in [4.69, 9.17) is 0 Å². The van der Waals surface area contributed by atoms with Crippen LogP contribution in [0.4, 0.5) is 0 Å². The first kappa shape index (κ1) is 11.1. The highest BCUT2D eigenvalue weighted by Crippen LogP contribution is 2.57. The summed E-state index contributed by atoms with van der Waals surface area (Å²) in [5, 5.41) is 3.91. The second-order valence-corrected chi connectivity index (χ2v) is 7.06. The first-order valence-electron chi connectivity index (χ1n) is 7.43. The van der Waals surface area contributed by atoms with Crippen molar-refractivity contribution in [2.75, 3.05) is 6.54 Å². The smallest absolute Gasteiger partial charge is 0.0152 e. The van der Waals surface area contributed by atoms with Gasteiger partial charge in [0.25, 0.3) is 0 Å². The van der Waals surface area contributed by atoms with E-state index in [0.717, 1.165) is 23.8 Å². The van der Waals surface area contributed by atoms with Crippen molar-refractivity contribution in [3.63, 3.8) is 0 Å². The Balaban J connectivity index is 1.56. The zero-order valence-corrected chi connectivity index (χ0v) is 11.0. The van der Waals surface area contributed by atoms with Crippen molar-refractivity contribution in [3.8, 4) is 0 Å². The summed E-state index contributed by atoms with van der Waals surface area (Å²) in [5.41, 5.74) is 0.578. The fourth-order valence-electron chi connectivity index (χ4n) is 4.55. The van der Waals surface area contributed by atoms with Gasteiger partial charge in [0.1, 0.15) is 0 Å². The Labute approximate surface area is 100 Å². The predicted octanol–water partition coefficient (Wildman–Crippen LogP) is 3.59. The molecule has 3 rings (SSSR count). The lowest BCUT2D eigenvalue weighted by molar-refractivity contribution is -0.0893. The Bertz CT molecular complexity index is 254. The molecule has 3 atom stereocenters. The van der Waals surface area contributed by atoms with E-state index in [1.807, 2.05) is 0 Å². The molecular weight excluding hydrogens is 194 g/mol. The van der Waals surface area contributed by atoms with Crippen molar-refractivity contribution >= 4 is 0 Å². The summed E-state index contributed by atoms with van der Waals surface area (Å²) in [5.74, 6) is 3.06. The molecule has 0 bridgehead atoms. The van der Waals surface area contributed by atoms with E-state index >= 15 is 0 Å². The van der Waals surface area contributed by atoms with Gasteiger partial charge in [-0.1, -0.05) is 33.1 Å². The fraction of sp³-hybridized carbons (Fsp3) is 1.00. The summed E-state index contributed by atoms with van der Waals surface area (Å²) < 4.78 is 0. The van der Waals surface area contributed by atoms with E-state index in [0.29, 0.717) is 5.41 Å². The molecule has 3 aliphatic rings. The minimum atomic E-state index is 0.578. The summed E-state index contributed by atoms with van der Waals surface area (Å²) in [7, 11) is 0. The molecule has 0 aliphatic heterocycles. The quantitative estimate of drug-likeness (QED) is 0.768. The largest absolute Gasteiger partial charge is 0.313 e. The van der Waals surface area contributed by atoms with E-state index in [-0.39, 0.29) is 0 Å². The van der Waals surface area contributed by atoms with Crippen LogP contribution in [-0.2, 0) is 0 Å². The van der Waals surface area contributed by atoms with E-state index in [2.05, 4.69) is 19.2 Å². The van der Waals surface area contributed by atoms with Crippen LogP contribution in [0.2, 0.25) is 0 Å². The Morgan fingerprint density at radius 2 is 1.75 bits per heavy atom. The van der Waals surface area contributed by atoms with E-state index in [1.165, 1.54) is 51.5 Å². The van der Waals surface area contributed by atoms with E-state index < -0.39 is 0 Å². The van der Waals surface area contributed by atoms with Gasteiger partial charge in [0.05, 0.1) is 0 Å². The highest BCUT2D eigenvalue weighted by Gasteiger charge is 2.55. The lowest BCUT2D eigenvalue weighted by Crippen LogP contribution is -2.65. The first-order valence-corrected chi connectivity index (χ1v) is 7.43. The van der Waals surface area contributed by atoms with Crippen molar-refractivity contribution in [2.24, 2.45) is 23.2 Å². The van der Waals surface area contributed by atoms with Crippen molar-refractivity contribution < 1.29 is 0 Å². The molecule has 3 aliphatic carbocycles. The van der Waals surface area contributed by atoms with Crippen LogP contribution in [0.5, 0.6) is 0 Å². The van der Waals surface area contributed by atoms with Gasteiger partial charge in [0.2, 0.25) is 0 Å². The molecule has 1 unspecified atom stereocenters. The molecule has 1 heteroatoms. The number of nitrogens with one attached hydrogen (secondary N) is 1. The Morgan fingerprint density at radius 3 is 2.44 bits per heavy atom. The minimum Gasteiger partial charge on any atom is -0.313 e. The van der Waals surface area contributed by atoms with Crippen LogP contribution >= 0.6 is 0 Å². The van der Waals surface area contributed by atoms with Gasteiger partial charge in [-0.25, -0.2) is 0 Å². The van der Waals surface area contributed by atoms with Gasteiger partial charge >= 0.3 is 0 Å². The average Bonchev–Trinajstić information content (AvgIpc) is 2.21. The molecule has 0 aromatic rings. The Hall–Kier alpha value is -0.0400. The van der Waals surface area contributed by atoms with Crippen LogP contribution in [0.1, 0.15) is 58.8 Å². The normalized spacial score (nSPS) is 42.0. The second-order valence-electron chi connectivity index (χ2n) is 7.06. The SMILES string of the molecule is CC1(C)C(NCC2CCC2)[C@@H]2CCCC[C@@H]21. The van der Waals surface area contributed by atoms with E-state index in [9.17, 15) is 0 Å². The summed E-state index contributed by atoms with van der Waals surface area (Å²) in [6.45, 7) is 6.30. The van der Waals surface area contributed by atoms with Crippen molar-refractivity contribution in [1.29, 1.82) is 0 Å². The molecule has 0 radical (unpaired) electrons. The summed E-state index contributed by atoms with van der Waals surface area (Å²) in [6.07, 6.45) is 10.4. The predicted molar refractivity (Wildman–Crippen MR) is 68.4 cm³/mol. The van der Waals surface area contributed by atoms with Crippen LogP contribution in [0, 0.1) is 23.2 Å². The molecule has 92 valence electrons. The van der Waals surface area contributed by atoms with Crippen molar-refractivity contribution in [3.05, 3.63) is 0 Å². The van der Waals surface area contributed by atoms with Gasteiger partial charge in [0.15, 0.2) is 0 Å². The molecule has 1 nitrogen and oxygen atoms in total. The molecule has 0 amide bonds. The van der Waals surface area contributed by atoms with Crippen LogP contribution in [-0.4, -0.2) is 12.6 Å². The van der Waals surface area contributed by atoms with Gasteiger partial charge in [-0.15, -0.1) is 0 Å². The molecule has 1 N–H and O–H groups in total. The highest BCUT2D eigenvalue weighted by atomic mass is 15.0. The zero-order chi connectivity index (χ0) is 11.2. The third kappa shape index (κ3) is 1.63. The van der Waals surface area contributed by atoms with Crippen LogP contribution in [0.3, 0.4) is 0 Å². The molecule has 3 fully saturated rings. The van der Waals surface area contributed by atoms with Gasteiger partial charge in [-0.3, -0.25) is 0 Å². The lowest BCUT2D eigenvalue weighted by Gasteiger charge is -2.61. The number of hydrogen-bond donors (Lipinski definition) is 1. The molecule has 0 spiro atoms. The summed E-state index contributed by atoms with van der Waals surface area (Å²) in [4.78, 5) is 0. The Kier molecular flexibility index (Phi) is 2.78. The fourth-order valence-corrected chi connectivity index (χ4v) is 4.55. The number of hydrogen-bond acceptors (Lipinski definition) is 1. The number of rotatable bonds is 3. The molecule has 16 heavy (non-hydrogen) atoms. The summed E-state index contributed by atoms with van der Waals surface area (Å²) >= 11 is 0. The second kappa shape index (κ2) is 4.01. The van der Waals surface area contributed by atoms with Crippen LogP contribution in [0.25, 0.3) is 0 Å². The van der Waals surface area contributed by atoms with E-state index in [1.54, 1.807) is 0 Å². The monoisotopic (exact) mass is 221 g/mol. The molecular formula is C15H27N. The molecule has 0 aromatic carbocycles. The van der Waals surface area contributed by atoms with Gasteiger partial charge in [-0.05, 0) is 55.4 Å². The Morgan fingerprint density at radius 1 is 1.00 bits per heavy atom. The zero-order valence-electron chi connectivity index (χ0n) is 11.0. The molecule has 0 saturated heterocycles. The minimum absolute atomic E-state index is 0.578. The topological polar surface area (TPSA) is 12.0 Å². The standard InChI is InChI=1S/C15H27N/c1-15(2)13-9-4-3-8-12(13)14(15)16-10-11-6-5-7-11/h11-14,16H,3-10H2,1-2H3/t12-,13+,14?/m1/s1. The van der Waals surface area contributed by atoms with Crippen molar-refractivity contribution in [1.82, 2.24) is 5.32 Å². The van der Waals surface area contributed by atoms with Gasteiger partial charge < -0.3 is 5.32 Å². The maximum absolute atomic E-state index is 3.91. The third-order valence-corrected chi connectivity index (χ3v) is 5.86. The van der Waals surface area contributed by atoms with Crippen LogP contribution in [0.15, 0.2) is 0 Å². The van der Waals surface area contributed by atoms with Crippen molar-refractivity contribution in [2.45, 2.75) is 64.8 Å². The maximum Gasteiger partial charge on any atom is 0.0152 e. The average molecular weight is 221 g/mol. The lowest BCUT2D eigenvalue weighted by atomic mass is 9.47. The van der Waals surface area contributed by atoms with Crippen LogP contribution < -0.4 is 5.32 Å². The highest BCUT2D eigenvalue weighted by molar-refractivity contribution is 5.08.